The van der Waals surface area contributed by atoms with Crippen LogP contribution in [-0.4, -0.2) is 78.2 Å². The van der Waals surface area contributed by atoms with Crippen LogP contribution in [0.3, 0.4) is 0 Å². The van der Waals surface area contributed by atoms with Crippen LogP contribution in [0.25, 0.3) is 10.9 Å². The van der Waals surface area contributed by atoms with Crippen LogP contribution >= 0.6 is 0 Å². The Morgan fingerprint density at radius 2 is 1.71 bits per heavy atom. The Balaban J connectivity index is 1.30. The average molecular weight is 560 g/mol. The number of carbonyl (C=O) groups excluding carboxylic acids is 1. The molecule has 2 fully saturated rings. The van der Waals surface area contributed by atoms with Gasteiger partial charge in [0.25, 0.3) is 5.91 Å². The highest BCUT2D eigenvalue weighted by Crippen LogP contribution is 2.37. The van der Waals surface area contributed by atoms with Gasteiger partial charge in [-0.05, 0) is 32.0 Å². The minimum atomic E-state index is -0.693. The van der Waals surface area contributed by atoms with Crippen molar-refractivity contribution in [3.05, 3.63) is 77.4 Å². The highest BCUT2D eigenvalue weighted by atomic mass is 19.1. The van der Waals surface area contributed by atoms with Gasteiger partial charge in [0, 0.05) is 68.9 Å². The lowest BCUT2D eigenvalue weighted by Gasteiger charge is -2.36. The Labute approximate surface area is 236 Å². The van der Waals surface area contributed by atoms with Gasteiger partial charge >= 0.3 is 0 Å². The molecule has 0 saturated carbocycles. The Bertz CT molecular complexity index is 1580. The molecule has 3 aromatic heterocycles. The van der Waals surface area contributed by atoms with Crippen molar-refractivity contribution in [2.45, 2.75) is 13.8 Å². The van der Waals surface area contributed by atoms with Gasteiger partial charge in [0.1, 0.15) is 17.5 Å². The lowest BCUT2D eigenvalue weighted by molar-refractivity contribution is 0.0746. The van der Waals surface area contributed by atoms with E-state index < -0.39 is 11.6 Å². The number of anilines is 4. The van der Waals surface area contributed by atoms with Gasteiger partial charge in [-0.2, -0.15) is 0 Å². The molecule has 1 amide bonds. The molecule has 0 radical (unpaired) electrons. The Hall–Kier alpha value is -4.38. The van der Waals surface area contributed by atoms with E-state index in [1.54, 1.807) is 29.6 Å². The molecule has 2 saturated heterocycles. The molecule has 0 spiro atoms. The second-order valence-corrected chi connectivity index (χ2v) is 10.3. The zero-order valence-electron chi connectivity index (χ0n) is 23.0. The summed E-state index contributed by atoms with van der Waals surface area (Å²) in [5, 5.41) is 3.58. The second-order valence-electron chi connectivity index (χ2n) is 10.3. The minimum Gasteiger partial charge on any atom is -0.378 e. The fourth-order valence-electron chi connectivity index (χ4n) is 5.39. The summed E-state index contributed by atoms with van der Waals surface area (Å²) >= 11 is 0. The van der Waals surface area contributed by atoms with Crippen molar-refractivity contribution in [3.8, 4) is 0 Å². The van der Waals surface area contributed by atoms with Crippen molar-refractivity contribution in [2.24, 2.45) is 0 Å². The molecule has 212 valence electrons. The van der Waals surface area contributed by atoms with Crippen molar-refractivity contribution < 1.29 is 18.3 Å². The van der Waals surface area contributed by atoms with E-state index in [1.807, 2.05) is 26.0 Å². The van der Waals surface area contributed by atoms with Crippen molar-refractivity contribution >= 4 is 39.7 Å². The first-order valence-electron chi connectivity index (χ1n) is 13.7. The smallest absolute Gasteiger partial charge is 0.255 e. The number of piperazine rings is 1. The van der Waals surface area contributed by atoms with Crippen molar-refractivity contribution in [1.82, 2.24) is 19.9 Å². The van der Waals surface area contributed by atoms with Gasteiger partial charge < -0.3 is 24.8 Å². The fraction of sp³-hybridized carbons (Fsp3) is 0.333. The van der Waals surface area contributed by atoms with Gasteiger partial charge in [0.15, 0.2) is 0 Å². The summed E-state index contributed by atoms with van der Waals surface area (Å²) < 4.78 is 35.0. The van der Waals surface area contributed by atoms with Crippen molar-refractivity contribution in [2.75, 3.05) is 67.6 Å². The number of amides is 1. The molecule has 11 heteroatoms. The molecule has 1 aromatic carbocycles. The fourth-order valence-corrected chi connectivity index (χ4v) is 5.39. The van der Waals surface area contributed by atoms with E-state index in [1.165, 1.54) is 6.07 Å². The highest BCUT2D eigenvalue weighted by molar-refractivity contribution is 5.98. The van der Waals surface area contributed by atoms with Gasteiger partial charge in [-0.3, -0.25) is 14.8 Å². The van der Waals surface area contributed by atoms with E-state index in [0.29, 0.717) is 62.1 Å². The van der Waals surface area contributed by atoms with E-state index in [2.05, 4.69) is 25.1 Å². The van der Waals surface area contributed by atoms with Gasteiger partial charge in [0.05, 0.1) is 59.1 Å². The average Bonchev–Trinajstić information content (AvgIpc) is 2.99. The van der Waals surface area contributed by atoms with Crippen molar-refractivity contribution in [3.63, 3.8) is 0 Å². The maximum atomic E-state index is 15.2. The van der Waals surface area contributed by atoms with Crippen LogP contribution in [0.1, 0.15) is 21.6 Å². The Kier molecular flexibility index (Phi) is 7.36. The Morgan fingerprint density at radius 3 is 2.44 bits per heavy atom. The summed E-state index contributed by atoms with van der Waals surface area (Å²) in [6.45, 7) is 8.58. The van der Waals surface area contributed by atoms with Crippen LogP contribution in [0.5, 0.6) is 0 Å². The summed E-state index contributed by atoms with van der Waals surface area (Å²) in [5.41, 5.74) is 4.47. The van der Waals surface area contributed by atoms with Crippen LogP contribution in [0.15, 0.2) is 48.9 Å². The molecule has 4 aromatic rings. The quantitative estimate of drug-likeness (QED) is 0.384. The normalized spacial score (nSPS) is 15.9. The monoisotopic (exact) mass is 559 g/mol. The molecule has 9 nitrogen and oxygen atoms in total. The summed E-state index contributed by atoms with van der Waals surface area (Å²) in [6, 6.07) is 7.70. The van der Waals surface area contributed by atoms with Gasteiger partial charge in [-0.25, -0.2) is 13.8 Å². The van der Waals surface area contributed by atoms with Crippen LogP contribution in [-0.2, 0) is 4.74 Å². The second kappa shape index (κ2) is 11.2. The number of carbonyl (C=O) groups is 1. The lowest BCUT2D eigenvalue weighted by atomic mass is 10.1. The van der Waals surface area contributed by atoms with E-state index in [0.717, 1.165) is 36.1 Å². The molecule has 0 atom stereocenters. The minimum absolute atomic E-state index is 0.0699. The number of hydrogen-bond acceptors (Lipinski definition) is 8. The summed E-state index contributed by atoms with van der Waals surface area (Å²) in [6.07, 6.45) is 5.08. The van der Waals surface area contributed by atoms with Gasteiger partial charge in [-0.15, -0.1) is 0 Å². The predicted molar refractivity (Wildman–Crippen MR) is 154 cm³/mol. The van der Waals surface area contributed by atoms with Crippen LogP contribution < -0.4 is 15.1 Å². The molecule has 0 bridgehead atoms. The van der Waals surface area contributed by atoms with Crippen molar-refractivity contribution in [1.29, 1.82) is 0 Å². The van der Waals surface area contributed by atoms with Gasteiger partial charge in [0.2, 0.25) is 0 Å². The molecular formula is C30H31F2N7O2. The van der Waals surface area contributed by atoms with E-state index in [9.17, 15) is 9.18 Å². The summed E-state index contributed by atoms with van der Waals surface area (Å²) in [7, 11) is 0. The van der Waals surface area contributed by atoms with Crippen LogP contribution in [0, 0.1) is 25.5 Å². The van der Waals surface area contributed by atoms with E-state index in [-0.39, 0.29) is 16.8 Å². The molecule has 1 N–H and O–H groups in total. The number of pyridine rings is 3. The lowest BCUT2D eigenvalue weighted by Crippen LogP contribution is -2.49. The maximum absolute atomic E-state index is 15.2. The number of nitrogens with zero attached hydrogens (tertiary/aromatic N) is 6. The first-order valence-corrected chi connectivity index (χ1v) is 13.7. The number of hydrogen-bond donors (Lipinski definition) is 1. The van der Waals surface area contributed by atoms with Gasteiger partial charge in [-0.1, -0.05) is 0 Å². The number of benzene rings is 1. The first-order chi connectivity index (χ1) is 19.9. The standard InChI is InChI=1S/C30H31F2N7O2/c1-19-3-4-21(16-34-19)30(40)39-7-5-38(6-8-39)29-20(2)28(27-25(32)13-22(31)14-26(27)36-29)35-23-15-24(18-33-17-23)37-9-11-41-12-10-37/h3-4,13-18H,5-12H2,1-2H3,(H,35,36). The molecule has 5 heterocycles. The molecule has 2 aliphatic rings. The third-order valence-corrected chi connectivity index (χ3v) is 7.62. The number of nitrogens with one attached hydrogen (secondary N) is 1. The van der Waals surface area contributed by atoms with E-state index in [4.69, 9.17) is 9.72 Å². The predicted octanol–water partition coefficient (Wildman–Crippen LogP) is 4.46. The van der Waals surface area contributed by atoms with E-state index >= 15 is 4.39 Å². The number of aryl methyl sites for hydroxylation is 1. The molecule has 6 rings (SSSR count). The molecule has 0 unspecified atom stereocenters. The number of aromatic nitrogens is 3. The summed E-state index contributed by atoms with van der Waals surface area (Å²) in [5.74, 6) is -0.837. The number of halogens is 2. The zero-order valence-corrected chi connectivity index (χ0v) is 23.0. The number of fused-ring (bicyclic) bond motifs is 1. The molecular weight excluding hydrogens is 528 g/mol. The van der Waals surface area contributed by atoms with Crippen LogP contribution in [0.4, 0.5) is 31.7 Å². The molecule has 0 aliphatic carbocycles. The highest BCUT2D eigenvalue weighted by Gasteiger charge is 2.26. The molecule has 41 heavy (non-hydrogen) atoms. The first kappa shape index (κ1) is 26.8. The number of morpholine rings is 1. The topological polar surface area (TPSA) is 86.7 Å². The van der Waals surface area contributed by atoms with Crippen LogP contribution in [0.2, 0.25) is 0 Å². The summed E-state index contributed by atoms with van der Waals surface area (Å²) in [4.78, 5) is 32.4. The third-order valence-electron chi connectivity index (χ3n) is 7.62. The SMILES string of the molecule is Cc1ccc(C(=O)N2CCN(c3nc4cc(F)cc(F)c4c(Nc4cncc(N5CCOCC5)c4)c3C)CC2)cn1. The zero-order chi connectivity index (χ0) is 28.5. The molecule has 2 aliphatic heterocycles. The Morgan fingerprint density at radius 1 is 0.927 bits per heavy atom. The third kappa shape index (κ3) is 5.49. The largest absolute Gasteiger partial charge is 0.378 e. The number of rotatable bonds is 5. The maximum Gasteiger partial charge on any atom is 0.255 e. The number of ether oxygens (including phenoxy) is 1.